The van der Waals surface area contributed by atoms with Crippen molar-refractivity contribution in [3.63, 3.8) is 0 Å². The number of fused-ring (bicyclic) bond motifs is 5. The lowest BCUT2D eigenvalue weighted by molar-refractivity contribution is 0.590. The molecule has 10 aromatic rings. The molecule has 0 bridgehead atoms. The van der Waals surface area contributed by atoms with Gasteiger partial charge in [-0.3, -0.25) is 0 Å². The zero-order valence-electron chi connectivity index (χ0n) is 31.8. The van der Waals surface area contributed by atoms with Gasteiger partial charge in [0.1, 0.15) is 11.2 Å². The van der Waals surface area contributed by atoms with Crippen molar-refractivity contribution in [1.82, 2.24) is 0 Å². The van der Waals surface area contributed by atoms with E-state index in [2.05, 4.69) is 220 Å². The summed E-state index contributed by atoms with van der Waals surface area (Å²) in [6.07, 6.45) is 0. The fraction of sp³-hybridized carbons (Fsp3) is 0.0741. The Balaban J connectivity index is 1.30. The molecule has 0 atom stereocenters. The SMILES string of the molecule is CC(C)(C)c1ccc(N(c2ccc3c(c2)oc2cc4ccccc4cc23)c2ccc3ccccc3c2-c2ccccc2-c2ccccc2)c(-c2ccccc2)c1. The Bertz CT molecular complexity index is 3060. The Morgan fingerprint density at radius 3 is 1.71 bits per heavy atom. The molecule has 0 unspecified atom stereocenters. The molecule has 0 saturated carbocycles. The quantitative estimate of drug-likeness (QED) is 0.170. The van der Waals surface area contributed by atoms with Crippen molar-refractivity contribution in [1.29, 1.82) is 0 Å². The predicted molar refractivity (Wildman–Crippen MR) is 238 cm³/mol. The van der Waals surface area contributed by atoms with Crippen LogP contribution in [0.3, 0.4) is 0 Å². The van der Waals surface area contributed by atoms with E-state index >= 15 is 0 Å². The molecule has 0 aliphatic heterocycles. The normalized spacial score (nSPS) is 11.8. The molecule has 2 nitrogen and oxygen atoms in total. The van der Waals surface area contributed by atoms with E-state index in [1.807, 2.05) is 0 Å². The molecular weight excluding hydrogens is 679 g/mol. The van der Waals surface area contributed by atoms with Crippen LogP contribution in [-0.2, 0) is 5.41 Å². The van der Waals surface area contributed by atoms with Crippen LogP contribution in [0.25, 0.3) is 76.9 Å². The van der Waals surface area contributed by atoms with Gasteiger partial charge in [-0.05, 0) is 97.2 Å². The first-order chi connectivity index (χ1) is 27.4. The van der Waals surface area contributed by atoms with E-state index in [1.165, 1.54) is 60.5 Å². The molecule has 268 valence electrons. The third kappa shape index (κ3) is 5.82. The highest BCUT2D eigenvalue weighted by atomic mass is 16.3. The molecular formula is C54H41NO. The zero-order valence-corrected chi connectivity index (χ0v) is 31.8. The number of hydrogen-bond acceptors (Lipinski definition) is 2. The molecule has 0 spiro atoms. The first-order valence-corrected chi connectivity index (χ1v) is 19.4. The van der Waals surface area contributed by atoms with Crippen LogP contribution < -0.4 is 4.90 Å². The Labute approximate surface area is 327 Å². The van der Waals surface area contributed by atoms with Crippen LogP contribution in [0.1, 0.15) is 26.3 Å². The van der Waals surface area contributed by atoms with Gasteiger partial charge in [-0.2, -0.15) is 0 Å². The second-order valence-electron chi connectivity index (χ2n) is 15.8. The first-order valence-electron chi connectivity index (χ1n) is 19.4. The number of hydrogen-bond donors (Lipinski definition) is 0. The van der Waals surface area contributed by atoms with E-state index in [-0.39, 0.29) is 5.41 Å². The number of nitrogens with zero attached hydrogens (tertiary/aromatic N) is 1. The second kappa shape index (κ2) is 13.4. The van der Waals surface area contributed by atoms with Gasteiger partial charge < -0.3 is 9.32 Å². The van der Waals surface area contributed by atoms with Crippen molar-refractivity contribution in [2.45, 2.75) is 26.2 Å². The smallest absolute Gasteiger partial charge is 0.137 e. The van der Waals surface area contributed by atoms with Crippen LogP contribution in [0.15, 0.2) is 199 Å². The molecule has 0 amide bonds. The van der Waals surface area contributed by atoms with Gasteiger partial charge >= 0.3 is 0 Å². The maximum atomic E-state index is 6.74. The van der Waals surface area contributed by atoms with Gasteiger partial charge in [0.15, 0.2) is 0 Å². The Kier molecular flexibility index (Phi) is 8.08. The summed E-state index contributed by atoms with van der Waals surface area (Å²) in [5, 5.41) is 7.00. The third-order valence-electron chi connectivity index (χ3n) is 11.2. The van der Waals surface area contributed by atoms with E-state index in [0.29, 0.717) is 0 Å². The summed E-state index contributed by atoms with van der Waals surface area (Å²) < 4.78 is 6.74. The maximum Gasteiger partial charge on any atom is 0.137 e. The molecule has 9 aromatic carbocycles. The Morgan fingerprint density at radius 2 is 0.982 bits per heavy atom. The van der Waals surface area contributed by atoms with Crippen molar-refractivity contribution >= 4 is 60.5 Å². The van der Waals surface area contributed by atoms with Crippen LogP contribution in [0, 0.1) is 0 Å². The van der Waals surface area contributed by atoms with Gasteiger partial charge in [-0.25, -0.2) is 0 Å². The standard InChI is InChI=1S/C54H41NO/c1-54(2,3)41-27-31-49(47(34-41)37-18-8-5-9-19-37)55(42-28-29-45-48-32-39-21-10-11-22-40(39)33-51(48)56-52(45)35-42)50-30-26-38-20-12-13-24-44(38)53(50)46-25-15-14-23-43(46)36-16-6-4-7-17-36/h4-35H,1-3H3. The lowest BCUT2D eigenvalue weighted by Crippen LogP contribution is -2.15. The molecule has 0 aliphatic carbocycles. The molecule has 10 rings (SSSR count). The monoisotopic (exact) mass is 719 g/mol. The van der Waals surface area contributed by atoms with Gasteiger partial charge in [-0.15, -0.1) is 0 Å². The fourth-order valence-electron chi connectivity index (χ4n) is 8.34. The average Bonchev–Trinajstić information content (AvgIpc) is 3.59. The van der Waals surface area contributed by atoms with Crippen LogP contribution >= 0.6 is 0 Å². The topological polar surface area (TPSA) is 16.4 Å². The largest absolute Gasteiger partial charge is 0.456 e. The highest BCUT2D eigenvalue weighted by molar-refractivity contribution is 6.12. The molecule has 0 N–H and O–H groups in total. The minimum atomic E-state index is -0.0354. The molecule has 1 heterocycles. The van der Waals surface area contributed by atoms with Crippen LogP contribution in [0.2, 0.25) is 0 Å². The van der Waals surface area contributed by atoms with E-state index in [1.54, 1.807) is 0 Å². The minimum absolute atomic E-state index is 0.0354. The Morgan fingerprint density at radius 1 is 0.393 bits per heavy atom. The van der Waals surface area contributed by atoms with Crippen molar-refractivity contribution in [2.24, 2.45) is 0 Å². The second-order valence-corrected chi connectivity index (χ2v) is 15.8. The van der Waals surface area contributed by atoms with Crippen LogP contribution in [-0.4, -0.2) is 0 Å². The van der Waals surface area contributed by atoms with Crippen LogP contribution in [0.4, 0.5) is 17.1 Å². The van der Waals surface area contributed by atoms with Crippen LogP contribution in [0.5, 0.6) is 0 Å². The van der Waals surface area contributed by atoms with E-state index in [4.69, 9.17) is 4.42 Å². The maximum absolute atomic E-state index is 6.74. The number of furan rings is 1. The van der Waals surface area contributed by atoms with Crippen molar-refractivity contribution in [3.05, 3.63) is 200 Å². The van der Waals surface area contributed by atoms with Gasteiger partial charge in [0.05, 0.1) is 11.4 Å². The lowest BCUT2D eigenvalue weighted by Gasteiger charge is -2.32. The summed E-state index contributed by atoms with van der Waals surface area (Å²) in [4.78, 5) is 2.46. The third-order valence-corrected chi connectivity index (χ3v) is 11.2. The van der Waals surface area contributed by atoms with Gasteiger partial charge in [0.2, 0.25) is 0 Å². The molecule has 56 heavy (non-hydrogen) atoms. The van der Waals surface area contributed by atoms with E-state index in [9.17, 15) is 0 Å². The van der Waals surface area contributed by atoms with E-state index < -0.39 is 0 Å². The summed E-state index contributed by atoms with van der Waals surface area (Å²) in [7, 11) is 0. The van der Waals surface area contributed by atoms with Crippen molar-refractivity contribution in [3.8, 4) is 33.4 Å². The van der Waals surface area contributed by atoms with Gasteiger partial charge in [-0.1, -0.05) is 166 Å². The number of rotatable bonds is 6. The molecule has 0 aliphatic rings. The van der Waals surface area contributed by atoms with Crippen molar-refractivity contribution in [2.75, 3.05) is 4.90 Å². The Hall–Kier alpha value is -6.90. The summed E-state index contributed by atoms with van der Waals surface area (Å²) in [5.41, 5.74) is 13.3. The summed E-state index contributed by atoms with van der Waals surface area (Å²) in [6.45, 7) is 6.86. The van der Waals surface area contributed by atoms with Gasteiger partial charge in [0, 0.05) is 33.7 Å². The van der Waals surface area contributed by atoms with Gasteiger partial charge in [0.25, 0.3) is 0 Å². The molecule has 1 aromatic heterocycles. The lowest BCUT2D eigenvalue weighted by atomic mass is 9.84. The fourth-order valence-corrected chi connectivity index (χ4v) is 8.34. The molecule has 2 heteroatoms. The zero-order chi connectivity index (χ0) is 37.8. The number of anilines is 3. The first kappa shape index (κ1) is 33.7. The summed E-state index contributed by atoms with van der Waals surface area (Å²) in [6, 6.07) is 70.4. The van der Waals surface area contributed by atoms with E-state index in [0.717, 1.165) is 39.0 Å². The summed E-state index contributed by atoms with van der Waals surface area (Å²) in [5.74, 6) is 0. The highest BCUT2D eigenvalue weighted by Crippen LogP contribution is 2.50. The average molecular weight is 720 g/mol. The minimum Gasteiger partial charge on any atom is -0.456 e. The van der Waals surface area contributed by atoms with Crippen molar-refractivity contribution < 1.29 is 4.42 Å². The molecule has 0 saturated heterocycles. The molecule has 0 fully saturated rings. The molecule has 0 radical (unpaired) electrons. The highest BCUT2D eigenvalue weighted by Gasteiger charge is 2.26. The number of benzene rings is 9. The summed E-state index contributed by atoms with van der Waals surface area (Å²) >= 11 is 0. The predicted octanol–water partition coefficient (Wildman–Crippen LogP) is 15.7.